The van der Waals surface area contributed by atoms with E-state index in [4.69, 9.17) is 11.6 Å². The Morgan fingerprint density at radius 2 is 1.96 bits per heavy atom. The largest absolute Gasteiger partial charge is 0.366 e. The molecule has 2 N–H and O–H groups in total. The third kappa shape index (κ3) is 4.70. The standard InChI is InChI=1S/C20H22ClN5/c1-3-14(2)24-20-25-18(16-8-6-10-22-12-16)11-19(26-20)23-13-15-7-4-5-9-17(15)21/h4-12,14H,3,13H2,1-2H3,(H2,23,24,25,26)/t14-/m0/s1. The van der Waals surface area contributed by atoms with E-state index >= 15 is 0 Å². The van der Waals surface area contributed by atoms with Crippen molar-refractivity contribution in [2.24, 2.45) is 0 Å². The molecule has 0 unspecified atom stereocenters. The van der Waals surface area contributed by atoms with Gasteiger partial charge >= 0.3 is 0 Å². The lowest BCUT2D eigenvalue weighted by Crippen LogP contribution is -2.16. The van der Waals surface area contributed by atoms with Gasteiger partial charge in [-0.2, -0.15) is 4.98 Å². The van der Waals surface area contributed by atoms with Crippen LogP contribution in [0.15, 0.2) is 54.9 Å². The fraction of sp³-hybridized carbons (Fsp3) is 0.250. The van der Waals surface area contributed by atoms with Gasteiger partial charge in [0.25, 0.3) is 0 Å². The summed E-state index contributed by atoms with van der Waals surface area (Å²) in [5.74, 6) is 1.34. The van der Waals surface area contributed by atoms with Gasteiger partial charge in [-0.25, -0.2) is 4.98 Å². The Balaban J connectivity index is 1.88. The van der Waals surface area contributed by atoms with Gasteiger partial charge in [0.05, 0.1) is 5.69 Å². The average Bonchev–Trinajstić information content (AvgIpc) is 2.68. The van der Waals surface area contributed by atoms with E-state index in [2.05, 4.69) is 39.4 Å². The molecule has 5 nitrogen and oxygen atoms in total. The normalized spacial score (nSPS) is 11.8. The minimum atomic E-state index is 0.288. The van der Waals surface area contributed by atoms with E-state index in [1.807, 2.05) is 42.5 Å². The topological polar surface area (TPSA) is 62.7 Å². The zero-order valence-corrected chi connectivity index (χ0v) is 15.7. The Morgan fingerprint density at radius 1 is 1.12 bits per heavy atom. The molecular weight excluding hydrogens is 346 g/mol. The predicted octanol–water partition coefficient (Wildman–Crippen LogP) is 5.01. The highest BCUT2D eigenvalue weighted by Gasteiger charge is 2.09. The molecule has 0 aliphatic heterocycles. The van der Waals surface area contributed by atoms with Crippen molar-refractivity contribution < 1.29 is 0 Å². The smallest absolute Gasteiger partial charge is 0.225 e. The minimum Gasteiger partial charge on any atom is -0.366 e. The molecule has 0 spiro atoms. The van der Waals surface area contributed by atoms with Crippen molar-refractivity contribution in [3.63, 3.8) is 0 Å². The molecule has 3 rings (SSSR count). The van der Waals surface area contributed by atoms with E-state index in [-0.39, 0.29) is 6.04 Å². The Hall–Kier alpha value is -2.66. The molecule has 6 heteroatoms. The minimum absolute atomic E-state index is 0.288. The summed E-state index contributed by atoms with van der Waals surface area (Å²) in [5.41, 5.74) is 2.79. The molecule has 2 heterocycles. The first-order chi connectivity index (χ1) is 12.7. The number of benzene rings is 1. The predicted molar refractivity (Wildman–Crippen MR) is 107 cm³/mol. The van der Waals surface area contributed by atoms with E-state index in [1.54, 1.807) is 12.4 Å². The molecule has 0 aliphatic rings. The van der Waals surface area contributed by atoms with Crippen LogP contribution in [0.1, 0.15) is 25.8 Å². The van der Waals surface area contributed by atoms with Crippen molar-refractivity contribution >= 4 is 23.4 Å². The highest BCUT2D eigenvalue weighted by Crippen LogP contribution is 2.22. The van der Waals surface area contributed by atoms with Crippen molar-refractivity contribution in [1.29, 1.82) is 0 Å². The summed E-state index contributed by atoms with van der Waals surface area (Å²) in [5, 5.41) is 7.43. The fourth-order valence-electron chi connectivity index (χ4n) is 2.41. The zero-order valence-electron chi connectivity index (χ0n) is 14.9. The van der Waals surface area contributed by atoms with Crippen LogP contribution >= 0.6 is 11.6 Å². The molecule has 2 aromatic heterocycles. The molecule has 1 aromatic carbocycles. The molecule has 0 saturated heterocycles. The molecule has 0 radical (unpaired) electrons. The number of halogens is 1. The Kier molecular flexibility index (Phi) is 6.02. The van der Waals surface area contributed by atoms with Crippen LogP contribution in [-0.2, 0) is 6.54 Å². The molecule has 0 amide bonds. The second-order valence-electron chi connectivity index (χ2n) is 6.10. The van der Waals surface area contributed by atoms with E-state index in [9.17, 15) is 0 Å². The van der Waals surface area contributed by atoms with Gasteiger partial charge in [-0.05, 0) is 37.1 Å². The first-order valence-corrected chi connectivity index (χ1v) is 9.06. The van der Waals surface area contributed by atoms with E-state index in [0.717, 1.165) is 34.1 Å². The SMILES string of the molecule is CC[C@H](C)Nc1nc(NCc2ccccc2Cl)cc(-c2cccnc2)n1. The summed E-state index contributed by atoms with van der Waals surface area (Å²) in [7, 11) is 0. The molecule has 3 aromatic rings. The van der Waals surface area contributed by atoms with Crippen LogP contribution in [0.25, 0.3) is 11.3 Å². The van der Waals surface area contributed by atoms with Crippen LogP contribution < -0.4 is 10.6 Å². The summed E-state index contributed by atoms with van der Waals surface area (Å²) in [6, 6.07) is 13.9. The van der Waals surface area contributed by atoms with Crippen LogP contribution in [0.5, 0.6) is 0 Å². The quantitative estimate of drug-likeness (QED) is 0.614. The van der Waals surface area contributed by atoms with Gasteiger partial charge in [0.1, 0.15) is 5.82 Å². The lowest BCUT2D eigenvalue weighted by Gasteiger charge is -2.15. The highest BCUT2D eigenvalue weighted by molar-refractivity contribution is 6.31. The third-order valence-corrected chi connectivity index (χ3v) is 4.46. The Bertz CT molecular complexity index is 854. The fourth-order valence-corrected chi connectivity index (χ4v) is 2.62. The maximum atomic E-state index is 6.24. The van der Waals surface area contributed by atoms with E-state index < -0.39 is 0 Å². The number of anilines is 2. The second kappa shape index (κ2) is 8.63. The van der Waals surface area contributed by atoms with Crippen LogP contribution in [-0.4, -0.2) is 21.0 Å². The van der Waals surface area contributed by atoms with E-state index in [0.29, 0.717) is 12.5 Å². The van der Waals surface area contributed by atoms with Crippen molar-refractivity contribution in [2.45, 2.75) is 32.9 Å². The average molecular weight is 368 g/mol. The summed E-state index contributed by atoms with van der Waals surface area (Å²) >= 11 is 6.24. The maximum absolute atomic E-state index is 6.24. The van der Waals surface area contributed by atoms with Gasteiger partial charge < -0.3 is 10.6 Å². The lowest BCUT2D eigenvalue weighted by atomic mass is 10.2. The molecular formula is C20H22ClN5. The van der Waals surface area contributed by atoms with Crippen molar-refractivity contribution in [3.8, 4) is 11.3 Å². The molecule has 1 atom stereocenters. The Morgan fingerprint density at radius 3 is 2.69 bits per heavy atom. The molecule has 0 fully saturated rings. The Labute approximate surface area is 158 Å². The van der Waals surface area contributed by atoms with Crippen LogP contribution in [0.4, 0.5) is 11.8 Å². The summed E-state index contributed by atoms with van der Waals surface area (Å²) in [4.78, 5) is 13.4. The highest BCUT2D eigenvalue weighted by atomic mass is 35.5. The molecule has 0 bridgehead atoms. The van der Waals surface area contributed by atoms with Crippen LogP contribution in [0, 0.1) is 0 Å². The third-order valence-electron chi connectivity index (χ3n) is 4.09. The molecule has 0 saturated carbocycles. The van der Waals surface area contributed by atoms with Gasteiger partial charge in [-0.1, -0.05) is 36.7 Å². The number of aromatic nitrogens is 3. The summed E-state index contributed by atoms with van der Waals surface area (Å²) in [6.45, 7) is 4.82. The van der Waals surface area contributed by atoms with Crippen LogP contribution in [0.2, 0.25) is 5.02 Å². The van der Waals surface area contributed by atoms with Crippen molar-refractivity contribution in [1.82, 2.24) is 15.0 Å². The second-order valence-corrected chi connectivity index (χ2v) is 6.51. The number of hydrogen-bond acceptors (Lipinski definition) is 5. The van der Waals surface area contributed by atoms with Gasteiger partial charge in [-0.3, -0.25) is 4.98 Å². The monoisotopic (exact) mass is 367 g/mol. The van der Waals surface area contributed by atoms with Crippen LogP contribution in [0.3, 0.4) is 0 Å². The van der Waals surface area contributed by atoms with Crippen molar-refractivity contribution in [2.75, 3.05) is 10.6 Å². The number of nitrogens with zero attached hydrogens (tertiary/aromatic N) is 3. The number of hydrogen-bond donors (Lipinski definition) is 2. The number of rotatable bonds is 7. The number of pyridine rings is 1. The summed E-state index contributed by atoms with van der Waals surface area (Å²) in [6.07, 6.45) is 4.54. The lowest BCUT2D eigenvalue weighted by molar-refractivity contribution is 0.753. The zero-order chi connectivity index (χ0) is 18.4. The summed E-state index contributed by atoms with van der Waals surface area (Å²) < 4.78 is 0. The number of nitrogens with one attached hydrogen (secondary N) is 2. The van der Waals surface area contributed by atoms with Crippen molar-refractivity contribution in [3.05, 3.63) is 65.4 Å². The molecule has 0 aliphatic carbocycles. The first kappa shape index (κ1) is 18.1. The van der Waals surface area contributed by atoms with Gasteiger partial charge in [0.15, 0.2) is 0 Å². The molecule has 26 heavy (non-hydrogen) atoms. The first-order valence-electron chi connectivity index (χ1n) is 8.69. The molecule has 134 valence electrons. The van der Waals surface area contributed by atoms with E-state index in [1.165, 1.54) is 0 Å². The van der Waals surface area contributed by atoms with Gasteiger partial charge in [0, 0.05) is 41.6 Å². The van der Waals surface area contributed by atoms with Gasteiger partial charge in [0.2, 0.25) is 5.95 Å². The maximum Gasteiger partial charge on any atom is 0.225 e. The van der Waals surface area contributed by atoms with Gasteiger partial charge in [-0.15, -0.1) is 0 Å².